The van der Waals surface area contributed by atoms with E-state index < -0.39 is 29.0 Å². The summed E-state index contributed by atoms with van der Waals surface area (Å²) in [5.74, 6) is -1.65. The first kappa shape index (κ1) is 11.3. The van der Waals surface area contributed by atoms with Gasteiger partial charge in [-0.25, -0.2) is 4.39 Å². The maximum Gasteiger partial charge on any atom is 0.251 e. The second kappa shape index (κ2) is 4.16. The number of rotatable bonds is 3. The molecule has 0 bridgehead atoms. The van der Waals surface area contributed by atoms with Crippen LogP contribution in [0, 0.1) is 5.82 Å². The summed E-state index contributed by atoms with van der Waals surface area (Å²) in [7, 11) is 0. The van der Waals surface area contributed by atoms with Gasteiger partial charge in [-0.1, -0.05) is 0 Å². The van der Waals surface area contributed by atoms with Crippen molar-refractivity contribution in [3.8, 4) is 0 Å². The van der Waals surface area contributed by atoms with Crippen molar-refractivity contribution in [2.45, 2.75) is 19.9 Å². The van der Waals surface area contributed by atoms with Crippen molar-refractivity contribution in [2.24, 2.45) is 0 Å². The molecule has 0 aliphatic carbocycles. The Morgan fingerprint density at radius 2 is 1.80 bits per heavy atom. The molecule has 0 saturated carbocycles. The number of Topliss-reactive ketones (excluding diaryl/α,β-unsaturated/α-hetero) is 2. The number of halogens is 1. The van der Waals surface area contributed by atoms with Crippen LogP contribution < -0.4 is 5.56 Å². The standard InChI is InChI=1S/C10H10FNO3/c1-6(13)10(7(2)14)12-5-8(11)3-4-9(12)15/h3-5,10H,1-2H3. The molecule has 1 aromatic heterocycles. The molecule has 4 nitrogen and oxygen atoms in total. The van der Waals surface area contributed by atoms with Gasteiger partial charge in [0.25, 0.3) is 5.56 Å². The maximum atomic E-state index is 12.9. The van der Waals surface area contributed by atoms with E-state index in [-0.39, 0.29) is 0 Å². The van der Waals surface area contributed by atoms with Gasteiger partial charge >= 0.3 is 0 Å². The van der Waals surface area contributed by atoms with Crippen molar-refractivity contribution >= 4 is 11.6 Å². The first-order valence-electron chi connectivity index (χ1n) is 4.32. The summed E-state index contributed by atoms with van der Waals surface area (Å²) in [6.07, 6.45) is 0.857. The quantitative estimate of drug-likeness (QED) is 0.692. The fraction of sp³-hybridized carbons (Fsp3) is 0.300. The summed E-state index contributed by atoms with van der Waals surface area (Å²) < 4.78 is 13.7. The molecule has 0 fully saturated rings. The highest BCUT2D eigenvalue weighted by Crippen LogP contribution is 2.07. The number of ketones is 2. The van der Waals surface area contributed by atoms with Crippen LogP contribution in [0.5, 0.6) is 0 Å². The van der Waals surface area contributed by atoms with Gasteiger partial charge in [-0.3, -0.25) is 19.0 Å². The molecule has 1 rings (SSSR count). The predicted octanol–water partition coefficient (Wildman–Crippen LogP) is 0.707. The van der Waals surface area contributed by atoms with Crippen molar-refractivity contribution in [1.29, 1.82) is 0 Å². The lowest BCUT2D eigenvalue weighted by atomic mass is 10.1. The maximum absolute atomic E-state index is 12.9. The van der Waals surface area contributed by atoms with Crippen molar-refractivity contribution in [2.75, 3.05) is 0 Å². The van der Waals surface area contributed by atoms with Gasteiger partial charge in [0.15, 0.2) is 17.6 Å². The van der Waals surface area contributed by atoms with E-state index in [1.165, 1.54) is 13.8 Å². The average Bonchev–Trinajstić information content (AvgIpc) is 2.10. The third-order valence-corrected chi connectivity index (χ3v) is 1.95. The number of hydrogen-bond acceptors (Lipinski definition) is 3. The van der Waals surface area contributed by atoms with Crippen molar-refractivity contribution < 1.29 is 14.0 Å². The third-order valence-electron chi connectivity index (χ3n) is 1.95. The lowest BCUT2D eigenvalue weighted by Gasteiger charge is -2.13. The largest absolute Gasteiger partial charge is 0.297 e. The summed E-state index contributed by atoms with van der Waals surface area (Å²) in [5.41, 5.74) is -0.577. The lowest BCUT2D eigenvalue weighted by molar-refractivity contribution is -0.129. The van der Waals surface area contributed by atoms with E-state index in [1.807, 2.05) is 0 Å². The molecule has 0 aromatic carbocycles. The monoisotopic (exact) mass is 211 g/mol. The highest BCUT2D eigenvalue weighted by Gasteiger charge is 2.22. The molecule has 1 heterocycles. The highest BCUT2D eigenvalue weighted by atomic mass is 19.1. The normalized spacial score (nSPS) is 10.4. The Kier molecular flexibility index (Phi) is 3.14. The zero-order chi connectivity index (χ0) is 11.6. The number of carbonyl (C=O) groups is 2. The minimum absolute atomic E-state index is 0.491. The van der Waals surface area contributed by atoms with Gasteiger partial charge in [0, 0.05) is 12.3 Å². The Labute approximate surface area is 85.3 Å². The van der Waals surface area contributed by atoms with Crippen LogP contribution in [-0.2, 0) is 9.59 Å². The van der Waals surface area contributed by atoms with Gasteiger partial charge in [-0.2, -0.15) is 0 Å². The second-order valence-electron chi connectivity index (χ2n) is 3.22. The Balaban J connectivity index is 3.34. The molecule has 0 unspecified atom stereocenters. The van der Waals surface area contributed by atoms with Gasteiger partial charge in [0.2, 0.25) is 0 Å². The smallest absolute Gasteiger partial charge is 0.251 e. The molecule has 0 amide bonds. The Hall–Kier alpha value is -1.78. The highest BCUT2D eigenvalue weighted by molar-refractivity contribution is 6.02. The first-order valence-corrected chi connectivity index (χ1v) is 4.32. The van der Waals surface area contributed by atoms with Crippen molar-refractivity contribution in [3.63, 3.8) is 0 Å². The predicted molar refractivity (Wildman–Crippen MR) is 51.1 cm³/mol. The molecule has 0 atom stereocenters. The number of nitrogens with zero attached hydrogens (tertiary/aromatic N) is 1. The molecule has 0 N–H and O–H groups in total. The summed E-state index contributed by atoms with van der Waals surface area (Å²) in [6, 6.07) is 0.734. The van der Waals surface area contributed by atoms with Crippen LogP contribution in [-0.4, -0.2) is 16.1 Å². The molecular weight excluding hydrogens is 201 g/mol. The lowest BCUT2D eigenvalue weighted by Crippen LogP contribution is -2.32. The topological polar surface area (TPSA) is 56.1 Å². The van der Waals surface area contributed by atoms with Gasteiger partial charge in [0.1, 0.15) is 5.82 Å². The molecule has 5 heteroatoms. The number of carbonyl (C=O) groups excluding carboxylic acids is 2. The summed E-state index contributed by atoms with van der Waals surface area (Å²) in [5, 5.41) is 0. The first-order chi connectivity index (χ1) is 6.93. The SMILES string of the molecule is CC(=O)C(C(C)=O)n1cc(F)ccc1=O. The second-order valence-corrected chi connectivity index (χ2v) is 3.22. The summed E-state index contributed by atoms with van der Waals surface area (Å²) >= 11 is 0. The van der Waals surface area contributed by atoms with Crippen molar-refractivity contribution in [1.82, 2.24) is 4.57 Å². The van der Waals surface area contributed by atoms with E-state index in [0.29, 0.717) is 0 Å². The van der Waals surface area contributed by atoms with Crippen LogP contribution in [0.1, 0.15) is 19.9 Å². The van der Waals surface area contributed by atoms with E-state index in [2.05, 4.69) is 0 Å². The molecule has 80 valence electrons. The molecular formula is C10H10FNO3. The molecule has 1 aromatic rings. The Bertz CT molecular complexity index is 450. The van der Waals surface area contributed by atoms with Gasteiger partial charge in [-0.05, 0) is 19.9 Å². The molecule has 0 saturated heterocycles. The summed E-state index contributed by atoms with van der Waals surface area (Å²) in [4.78, 5) is 33.6. The minimum Gasteiger partial charge on any atom is -0.297 e. The van der Waals surface area contributed by atoms with Crippen LogP contribution in [0.2, 0.25) is 0 Å². The van der Waals surface area contributed by atoms with Crippen molar-refractivity contribution in [3.05, 3.63) is 34.5 Å². The summed E-state index contributed by atoms with van der Waals surface area (Å²) in [6.45, 7) is 2.37. The number of hydrogen-bond donors (Lipinski definition) is 0. The van der Waals surface area contributed by atoms with Gasteiger partial charge < -0.3 is 0 Å². The molecule has 0 aliphatic heterocycles. The van der Waals surface area contributed by atoms with Crippen LogP contribution in [0.4, 0.5) is 4.39 Å². The van der Waals surface area contributed by atoms with Crippen LogP contribution in [0.25, 0.3) is 0 Å². The average molecular weight is 211 g/mol. The van der Waals surface area contributed by atoms with Crippen LogP contribution in [0.15, 0.2) is 23.1 Å². The Morgan fingerprint density at radius 3 is 2.27 bits per heavy atom. The number of aromatic nitrogens is 1. The van der Waals surface area contributed by atoms with E-state index >= 15 is 0 Å². The molecule has 0 radical (unpaired) electrons. The molecule has 0 spiro atoms. The Morgan fingerprint density at radius 1 is 1.27 bits per heavy atom. The third kappa shape index (κ3) is 2.37. The minimum atomic E-state index is -1.23. The fourth-order valence-corrected chi connectivity index (χ4v) is 1.36. The van der Waals surface area contributed by atoms with E-state index in [0.717, 1.165) is 22.9 Å². The number of pyridine rings is 1. The molecule has 0 aliphatic rings. The zero-order valence-corrected chi connectivity index (χ0v) is 8.36. The van der Waals surface area contributed by atoms with E-state index in [9.17, 15) is 18.8 Å². The van der Waals surface area contributed by atoms with Crippen LogP contribution in [0.3, 0.4) is 0 Å². The van der Waals surface area contributed by atoms with E-state index in [4.69, 9.17) is 0 Å². The van der Waals surface area contributed by atoms with Gasteiger partial charge in [0.05, 0.1) is 0 Å². The fourth-order valence-electron chi connectivity index (χ4n) is 1.36. The van der Waals surface area contributed by atoms with E-state index in [1.54, 1.807) is 0 Å². The molecule has 15 heavy (non-hydrogen) atoms. The zero-order valence-electron chi connectivity index (χ0n) is 8.36. The van der Waals surface area contributed by atoms with Crippen LogP contribution >= 0.6 is 0 Å². The van der Waals surface area contributed by atoms with Gasteiger partial charge in [-0.15, -0.1) is 0 Å².